The fourth-order valence-corrected chi connectivity index (χ4v) is 5.18. The van der Waals surface area contributed by atoms with E-state index in [2.05, 4.69) is 4.90 Å². The van der Waals surface area contributed by atoms with Crippen molar-refractivity contribution in [3.63, 3.8) is 0 Å². The molecule has 4 nitrogen and oxygen atoms in total. The van der Waals surface area contributed by atoms with Crippen molar-refractivity contribution in [2.75, 3.05) is 31.6 Å². The second kappa shape index (κ2) is 5.88. The summed E-state index contributed by atoms with van der Waals surface area (Å²) in [4.78, 5) is 2.21. The van der Waals surface area contributed by atoms with E-state index in [0.29, 0.717) is 23.3 Å². The molecule has 106 valence electrons. The Kier molecular flexibility index (Phi) is 4.67. The highest BCUT2D eigenvalue weighted by molar-refractivity contribution is 7.91. The van der Waals surface area contributed by atoms with Crippen molar-refractivity contribution in [3.8, 4) is 0 Å². The Morgan fingerprint density at radius 3 is 2.50 bits per heavy atom. The molecule has 1 aliphatic carbocycles. The van der Waals surface area contributed by atoms with Crippen LogP contribution in [0.25, 0.3) is 0 Å². The summed E-state index contributed by atoms with van der Waals surface area (Å²) in [5.41, 5.74) is 0. The van der Waals surface area contributed by atoms with Crippen LogP contribution in [0.2, 0.25) is 0 Å². The van der Waals surface area contributed by atoms with E-state index in [1.54, 1.807) is 0 Å². The molecule has 5 heteroatoms. The minimum absolute atomic E-state index is 0.159. The molecular formula is C13H25NO3S. The summed E-state index contributed by atoms with van der Waals surface area (Å²) in [5.74, 6) is 1.38. The fraction of sp³-hybridized carbons (Fsp3) is 1.00. The molecule has 0 amide bonds. The molecule has 0 bridgehead atoms. The summed E-state index contributed by atoms with van der Waals surface area (Å²) in [7, 11) is -0.713. The molecule has 2 rings (SSSR count). The van der Waals surface area contributed by atoms with Crippen molar-refractivity contribution < 1.29 is 13.5 Å². The average Bonchev–Trinajstić information content (AvgIpc) is 2.61. The number of aliphatic hydroxyl groups excluding tert-OH is 1. The molecule has 0 radical (unpaired) electrons. The Labute approximate surface area is 110 Å². The number of rotatable bonds is 4. The zero-order chi connectivity index (χ0) is 13.2. The number of sulfone groups is 1. The zero-order valence-electron chi connectivity index (χ0n) is 11.2. The lowest BCUT2D eigenvalue weighted by molar-refractivity contribution is 0.0493. The van der Waals surface area contributed by atoms with Gasteiger partial charge in [0.05, 0.1) is 17.6 Å². The van der Waals surface area contributed by atoms with Crippen LogP contribution in [0.1, 0.15) is 32.1 Å². The van der Waals surface area contributed by atoms with E-state index in [-0.39, 0.29) is 6.10 Å². The number of nitrogens with zero attached hydrogens (tertiary/aromatic N) is 1. The molecule has 1 saturated carbocycles. The molecule has 0 aromatic carbocycles. The van der Waals surface area contributed by atoms with Crippen molar-refractivity contribution in [3.05, 3.63) is 0 Å². The van der Waals surface area contributed by atoms with Crippen LogP contribution in [-0.2, 0) is 9.84 Å². The maximum atomic E-state index is 11.4. The maximum Gasteiger partial charge on any atom is 0.150 e. The van der Waals surface area contributed by atoms with Gasteiger partial charge in [0.25, 0.3) is 0 Å². The van der Waals surface area contributed by atoms with Crippen LogP contribution >= 0.6 is 0 Å². The Balaban J connectivity index is 1.76. The van der Waals surface area contributed by atoms with E-state index in [9.17, 15) is 13.5 Å². The van der Waals surface area contributed by atoms with Gasteiger partial charge in [-0.25, -0.2) is 8.42 Å². The van der Waals surface area contributed by atoms with Crippen molar-refractivity contribution in [1.82, 2.24) is 4.90 Å². The van der Waals surface area contributed by atoms with Crippen LogP contribution in [0.15, 0.2) is 0 Å². The van der Waals surface area contributed by atoms with Gasteiger partial charge in [0.1, 0.15) is 0 Å². The predicted molar refractivity (Wildman–Crippen MR) is 72.2 cm³/mol. The number of hydrogen-bond donors (Lipinski definition) is 1. The monoisotopic (exact) mass is 275 g/mol. The fourth-order valence-electron chi connectivity index (χ4n) is 3.33. The van der Waals surface area contributed by atoms with Gasteiger partial charge in [0.2, 0.25) is 0 Å². The van der Waals surface area contributed by atoms with Crippen LogP contribution in [0.4, 0.5) is 0 Å². The molecule has 2 aliphatic rings. The Hall–Kier alpha value is -0.130. The van der Waals surface area contributed by atoms with E-state index in [1.807, 2.05) is 7.05 Å². The largest absolute Gasteiger partial charge is 0.393 e. The quantitative estimate of drug-likeness (QED) is 0.828. The van der Waals surface area contributed by atoms with Gasteiger partial charge < -0.3 is 10.0 Å². The minimum atomic E-state index is -2.76. The molecule has 3 unspecified atom stereocenters. The van der Waals surface area contributed by atoms with E-state index < -0.39 is 9.84 Å². The van der Waals surface area contributed by atoms with Gasteiger partial charge >= 0.3 is 0 Å². The number of aliphatic hydroxyl groups is 1. The third-order valence-electron chi connectivity index (χ3n) is 4.31. The van der Waals surface area contributed by atoms with E-state index >= 15 is 0 Å². The first kappa shape index (κ1) is 14.3. The van der Waals surface area contributed by atoms with Crippen molar-refractivity contribution in [2.45, 2.75) is 38.2 Å². The summed E-state index contributed by atoms with van der Waals surface area (Å²) in [6.45, 7) is 1.75. The Morgan fingerprint density at radius 1 is 1.17 bits per heavy atom. The van der Waals surface area contributed by atoms with Gasteiger partial charge in [-0.1, -0.05) is 12.8 Å². The highest BCUT2D eigenvalue weighted by Gasteiger charge is 2.30. The molecule has 1 heterocycles. The van der Waals surface area contributed by atoms with Crippen molar-refractivity contribution in [1.29, 1.82) is 0 Å². The van der Waals surface area contributed by atoms with Gasteiger partial charge in [0.15, 0.2) is 9.84 Å². The average molecular weight is 275 g/mol. The van der Waals surface area contributed by atoms with E-state index in [4.69, 9.17) is 0 Å². The Morgan fingerprint density at radius 2 is 1.89 bits per heavy atom. The predicted octanol–water partition coefficient (Wildman–Crippen LogP) is 0.904. The molecule has 0 spiro atoms. The molecule has 1 N–H and O–H groups in total. The minimum Gasteiger partial charge on any atom is -0.393 e. The standard InChI is InChI=1S/C13H25NO3S/c1-14(8-11-6-7-18(16,17)10-11)9-12-4-2-3-5-13(12)15/h11-13,15H,2-10H2,1H3. The first-order valence-electron chi connectivity index (χ1n) is 7.03. The van der Waals surface area contributed by atoms with Crippen LogP contribution in [0.3, 0.4) is 0 Å². The van der Waals surface area contributed by atoms with E-state index in [1.165, 1.54) is 6.42 Å². The van der Waals surface area contributed by atoms with Crippen molar-refractivity contribution in [2.24, 2.45) is 11.8 Å². The Bertz CT molecular complexity index is 368. The van der Waals surface area contributed by atoms with Gasteiger partial charge in [-0.3, -0.25) is 0 Å². The normalized spacial score (nSPS) is 36.1. The highest BCUT2D eigenvalue weighted by Crippen LogP contribution is 2.26. The van der Waals surface area contributed by atoms with E-state index in [0.717, 1.165) is 38.8 Å². The summed E-state index contributed by atoms with van der Waals surface area (Å²) in [6.07, 6.45) is 5.04. The lowest BCUT2D eigenvalue weighted by atomic mass is 9.86. The SMILES string of the molecule is CN(CC1CCS(=O)(=O)C1)CC1CCCCC1O. The van der Waals surface area contributed by atoms with Crippen LogP contribution in [-0.4, -0.2) is 56.2 Å². The maximum absolute atomic E-state index is 11.4. The van der Waals surface area contributed by atoms with Crippen LogP contribution in [0, 0.1) is 11.8 Å². The lowest BCUT2D eigenvalue weighted by Crippen LogP contribution is -2.37. The lowest BCUT2D eigenvalue weighted by Gasteiger charge is -2.32. The first-order chi connectivity index (χ1) is 8.46. The molecular weight excluding hydrogens is 250 g/mol. The smallest absolute Gasteiger partial charge is 0.150 e. The third kappa shape index (κ3) is 3.93. The molecule has 3 atom stereocenters. The van der Waals surface area contributed by atoms with Crippen LogP contribution in [0.5, 0.6) is 0 Å². The topological polar surface area (TPSA) is 57.6 Å². The molecule has 1 aliphatic heterocycles. The third-order valence-corrected chi connectivity index (χ3v) is 6.15. The second-order valence-electron chi connectivity index (χ2n) is 6.10. The van der Waals surface area contributed by atoms with Gasteiger partial charge in [-0.15, -0.1) is 0 Å². The summed E-state index contributed by atoms with van der Waals surface area (Å²) >= 11 is 0. The molecule has 1 saturated heterocycles. The zero-order valence-corrected chi connectivity index (χ0v) is 12.0. The molecule has 0 aromatic heterocycles. The summed E-state index contributed by atoms with van der Waals surface area (Å²) in [6, 6.07) is 0. The van der Waals surface area contributed by atoms with Gasteiger partial charge in [-0.05, 0) is 38.1 Å². The van der Waals surface area contributed by atoms with Gasteiger partial charge in [-0.2, -0.15) is 0 Å². The highest BCUT2D eigenvalue weighted by atomic mass is 32.2. The number of hydrogen-bond acceptors (Lipinski definition) is 4. The molecule has 2 fully saturated rings. The van der Waals surface area contributed by atoms with Gasteiger partial charge in [0, 0.05) is 13.1 Å². The molecule has 0 aromatic rings. The first-order valence-corrected chi connectivity index (χ1v) is 8.85. The summed E-state index contributed by atoms with van der Waals surface area (Å²) < 4.78 is 22.8. The van der Waals surface area contributed by atoms with Crippen LogP contribution < -0.4 is 0 Å². The second-order valence-corrected chi connectivity index (χ2v) is 8.33. The van der Waals surface area contributed by atoms with Crippen molar-refractivity contribution >= 4 is 9.84 Å². The summed E-state index contributed by atoms with van der Waals surface area (Å²) in [5, 5.41) is 9.94. The molecule has 18 heavy (non-hydrogen) atoms.